The maximum absolute atomic E-state index is 11.7. The Balaban J connectivity index is 2.01. The van der Waals surface area contributed by atoms with Gasteiger partial charge in [-0.3, -0.25) is 9.79 Å². The van der Waals surface area contributed by atoms with Crippen LogP contribution in [0.1, 0.15) is 25.3 Å². The van der Waals surface area contributed by atoms with E-state index in [1.54, 1.807) is 6.26 Å². The molecule has 1 unspecified atom stereocenters. The second-order valence-corrected chi connectivity index (χ2v) is 4.42. The number of furan rings is 1. The van der Waals surface area contributed by atoms with Crippen molar-refractivity contribution in [1.29, 1.82) is 0 Å². The topological polar surface area (TPSA) is 54.6 Å². The fourth-order valence-corrected chi connectivity index (χ4v) is 2.21. The quantitative estimate of drug-likeness (QED) is 0.898. The Bertz CT molecular complexity index is 628. The number of hydrogen-bond donors (Lipinski definition) is 1. The van der Waals surface area contributed by atoms with E-state index < -0.39 is 0 Å². The number of benzene rings is 1. The van der Waals surface area contributed by atoms with Gasteiger partial charge >= 0.3 is 0 Å². The number of amidine groups is 1. The van der Waals surface area contributed by atoms with Gasteiger partial charge in [-0.05, 0) is 12.5 Å². The van der Waals surface area contributed by atoms with E-state index in [1.165, 1.54) is 0 Å². The lowest BCUT2D eigenvalue weighted by atomic mass is 10.1. The maximum atomic E-state index is 11.7. The fraction of sp³-hybridized carbons (Fsp3) is 0.286. The van der Waals surface area contributed by atoms with E-state index in [-0.39, 0.29) is 11.9 Å². The summed E-state index contributed by atoms with van der Waals surface area (Å²) in [5.74, 6) is 0.612. The van der Waals surface area contributed by atoms with Gasteiger partial charge in [0, 0.05) is 5.39 Å². The maximum Gasteiger partial charge on any atom is 0.250 e. The number of fused-ring (bicyclic) bond motifs is 1. The number of carbonyl (C=O) groups is 1. The molecule has 1 atom stereocenters. The summed E-state index contributed by atoms with van der Waals surface area (Å²) in [5.41, 5.74) is 1.67. The van der Waals surface area contributed by atoms with Crippen LogP contribution < -0.4 is 5.32 Å². The predicted octanol–water partition coefficient (Wildman–Crippen LogP) is 2.48. The molecule has 0 saturated heterocycles. The third kappa shape index (κ3) is 1.70. The molecule has 4 nitrogen and oxygen atoms in total. The van der Waals surface area contributed by atoms with Crippen LogP contribution in [0, 0.1) is 0 Å². The highest BCUT2D eigenvalue weighted by atomic mass is 16.3. The molecule has 1 aliphatic rings. The number of amides is 1. The summed E-state index contributed by atoms with van der Waals surface area (Å²) >= 11 is 0. The largest absolute Gasteiger partial charge is 0.464 e. The van der Waals surface area contributed by atoms with E-state index in [0.717, 1.165) is 29.4 Å². The summed E-state index contributed by atoms with van der Waals surface area (Å²) in [5, 5.41) is 3.81. The van der Waals surface area contributed by atoms with Crippen LogP contribution in [-0.2, 0) is 4.79 Å². The normalized spacial score (nSPS) is 19.1. The standard InChI is InChI=1S/C14H14N2O2/c1-2-5-11-14(17)16-13(15-11)10-8-18-12-7-4-3-6-9(10)12/h3-4,6-8,11H,2,5H2,1H3,(H,15,16,17). The van der Waals surface area contributed by atoms with E-state index in [0.29, 0.717) is 5.84 Å². The average Bonchev–Trinajstić information content (AvgIpc) is 2.94. The Kier molecular flexibility index (Phi) is 2.63. The number of nitrogens with one attached hydrogen (secondary N) is 1. The van der Waals surface area contributed by atoms with Gasteiger partial charge in [0.2, 0.25) is 5.91 Å². The Hall–Kier alpha value is -2.10. The summed E-state index contributed by atoms with van der Waals surface area (Å²) in [6, 6.07) is 7.49. The second kappa shape index (κ2) is 4.29. The number of para-hydroxylation sites is 1. The lowest BCUT2D eigenvalue weighted by molar-refractivity contribution is -0.120. The van der Waals surface area contributed by atoms with Crippen molar-refractivity contribution in [2.75, 3.05) is 0 Å². The van der Waals surface area contributed by atoms with E-state index in [1.807, 2.05) is 31.2 Å². The van der Waals surface area contributed by atoms with E-state index in [2.05, 4.69) is 10.3 Å². The van der Waals surface area contributed by atoms with E-state index in [9.17, 15) is 4.79 Å². The first-order valence-electron chi connectivity index (χ1n) is 6.15. The Labute approximate surface area is 105 Å². The summed E-state index contributed by atoms with van der Waals surface area (Å²) in [6.45, 7) is 2.05. The van der Waals surface area contributed by atoms with Crippen LogP contribution in [0.5, 0.6) is 0 Å². The van der Waals surface area contributed by atoms with Crippen molar-refractivity contribution in [2.24, 2.45) is 4.99 Å². The van der Waals surface area contributed by atoms with Crippen molar-refractivity contribution in [1.82, 2.24) is 5.32 Å². The van der Waals surface area contributed by atoms with Crippen LogP contribution in [0.15, 0.2) is 39.9 Å². The molecule has 1 aliphatic heterocycles. The first kappa shape index (κ1) is 11.0. The Morgan fingerprint density at radius 2 is 2.22 bits per heavy atom. The van der Waals surface area contributed by atoms with Crippen LogP contribution >= 0.6 is 0 Å². The smallest absolute Gasteiger partial charge is 0.250 e. The number of aliphatic imine (C=N–C) groups is 1. The minimum Gasteiger partial charge on any atom is -0.464 e. The number of hydrogen-bond acceptors (Lipinski definition) is 3. The summed E-state index contributed by atoms with van der Waals surface area (Å²) in [6.07, 6.45) is 3.38. The van der Waals surface area contributed by atoms with Crippen LogP contribution in [0.2, 0.25) is 0 Å². The van der Waals surface area contributed by atoms with Crippen LogP contribution in [-0.4, -0.2) is 17.8 Å². The van der Waals surface area contributed by atoms with Crippen molar-refractivity contribution in [3.63, 3.8) is 0 Å². The summed E-state index contributed by atoms with van der Waals surface area (Å²) < 4.78 is 5.46. The van der Waals surface area contributed by atoms with Crippen molar-refractivity contribution in [3.8, 4) is 0 Å². The molecule has 3 rings (SSSR count). The molecule has 92 valence electrons. The van der Waals surface area contributed by atoms with Gasteiger partial charge in [0.1, 0.15) is 23.7 Å². The summed E-state index contributed by atoms with van der Waals surface area (Å²) in [4.78, 5) is 16.2. The molecular weight excluding hydrogens is 228 g/mol. The molecular formula is C14H14N2O2. The monoisotopic (exact) mass is 242 g/mol. The molecule has 0 radical (unpaired) electrons. The summed E-state index contributed by atoms with van der Waals surface area (Å²) in [7, 11) is 0. The third-order valence-corrected chi connectivity index (χ3v) is 3.13. The molecule has 0 aliphatic carbocycles. The molecule has 2 aromatic rings. The average molecular weight is 242 g/mol. The van der Waals surface area contributed by atoms with Crippen molar-refractivity contribution in [2.45, 2.75) is 25.8 Å². The van der Waals surface area contributed by atoms with Crippen LogP contribution in [0.3, 0.4) is 0 Å². The highest BCUT2D eigenvalue weighted by Gasteiger charge is 2.27. The van der Waals surface area contributed by atoms with Gasteiger partial charge in [-0.15, -0.1) is 0 Å². The van der Waals surface area contributed by atoms with Gasteiger partial charge in [0.15, 0.2) is 0 Å². The molecule has 4 heteroatoms. The van der Waals surface area contributed by atoms with Crippen molar-refractivity contribution in [3.05, 3.63) is 36.1 Å². The lowest BCUT2D eigenvalue weighted by Crippen LogP contribution is -2.28. The van der Waals surface area contributed by atoms with Gasteiger partial charge in [-0.25, -0.2) is 0 Å². The van der Waals surface area contributed by atoms with Crippen molar-refractivity contribution < 1.29 is 9.21 Å². The van der Waals surface area contributed by atoms with Gasteiger partial charge in [0.05, 0.1) is 5.56 Å². The molecule has 18 heavy (non-hydrogen) atoms. The van der Waals surface area contributed by atoms with Crippen molar-refractivity contribution >= 4 is 22.7 Å². The molecule has 1 aromatic heterocycles. The molecule has 0 spiro atoms. The third-order valence-electron chi connectivity index (χ3n) is 3.13. The van der Waals surface area contributed by atoms with E-state index >= 15 is 0 Å². The van der Waals surface area contributed by atoms with E-state index in [4.69, 9.17) is 4.42 Å². The Morgan fingerprint density at radius 3 is 3.06 bits per heavy atom. The van der Waals surface area contributed by atoms with Gasteiger partial charge in [-0.1, -0.05) is 31.5 Å². The molecule has 1 N–H and O–H groups in total. The number of rotatable bonds is 3. The Morgan fingerprint density at radius 1 is 1.39 bits per heavy atom. The highest BCUT2D eigenvalue weighted by molar-refractivity contribution is 6.18. The molecule has 0 bridgehead atoms. The lowest BCUT2D eigenvalue weighted by Gasteiger charge is -1.99. The SMILES string of the molecule is CCCC1N=C(c2coc3ccccc23)NC1=O. The highest BCUT2D eigenvalue weighted by Crippen LogP contribution is 2.23. The van der Waals surface area contributed by atoms with Crippen LogP contribution in [0.25, 0.3) is 11.0 Å². The molecule has 0 saturated carbocycles. The van der Waals surface area contributed by atoms with Crippen LogP contribution in [0.4, 0.5) is 0 Å². The molecule has 2 heterocycles. The molecule has 1 aromatic carbocycles. The number of carbonyl (C=O) groups excluding carboxylic acids is 1. The van der Waals surface area contributed by atoms with Gasteiger partial charge in [0.25, 0.3) is 0 Å². The zero-order chi connectivity index (χ0) is 12.5. The zero-order valence-corrected chi connectivity index (χ0v) is 10.1. The molecule has 1 amide bonds. The molecule has 0 fully saturated rings. The van der Waals surface area contributed by atoms with Gasteiger partial charge in [-0.2, -0.15) is 0 Å². The fourth-order valence-electron chi connectivity index (χ4n) is 2.21. The predicted molar refractivity (Wildman–Crippen MR) is 69.6 cm³/mol. The number of nitrogens with zero attached hydrogens (tertiary/aromatic N) is 1. The zero-order valence-electron chi connectivity index (χ0n) is 10.1. The minimum absolute atomic E-state index is 0.0165. The minimum atomic E-state index is -0.251. The van der Waals surface area contributed by atoms with Gasteiger partial charge < -0.3 is 9.73 Å². The second-order valence-electron chi connectivity index (χ2n) is 4.42. The first-order chi connectivity index (χ1) is 8.79. The first-order valence-corrected chi connectivity index (χ1v) is 6.15.